The normalized spacial score (nSPS) is 17.7. The Bertz CT molecular complexity index is 313. The van der Waals surface area contributed by atoms with Crippen LogP contribution in [0.2, 0.25) is 0 Å². The van der Waals surface area contributed by atoms with Crippen LogP contribution in [-0.4, -0.2) is 11.9 Å². The Morgan fingerprint density at radius 2 is 1.94 bits per heavy atom. The average Bonchev–Trinajstić information content (AvgIpc) is 2.33. The van der Waals surface area contributed by atoms with Crippen molar-refractivity contribution in [2.45, 2.75) is 38.7 Å². The largest absolute Gasteiger partial charge is 0.377 e. The molecule has 0 radical (unpaired) electrons. The zero-order valence-corrected chi connectivity index (χ0v) is 11.9. The molecule has 0 spiro atoms. The van der Waals surface area contributed by atoms with Gasteiger partial charge in [-0.2, -0.15) is 0 Å². The minimum absolute atomic E-state index is 0.607. The zero-order valence-electron chi connectivity index (χ0n) is 10.3. The Kier molecular flexibility index (Phi) is 5.05. The summed E-state index contributed by atoms with van der Waals surface area (Å²) in [6, 6.07) is 10.4. The first-order valence-corrected chi connectivity index (χ1v) is 7.64. The van der Waals surface area contributed by atoms with E-state index in [0.717, 1.165) is 13.2 Å². The second kappa shape index (κ2) is 6.55. The van der Waals surface area contributed by atoms with Crippen LogP contribution in [0, 0.1) is 5.41 Å². The van der Waals surface area contributed by atoms with E-state index < -0.39 is 0 Å². The lowest BCUT2D eigenvalue weighted by Gasteiger charge is -2.40. The predicted octanol–water partition coefficient (Wildman–Crippen LogP) is 4.55. The lowest BCUT2D eigenvalue weighted by molar-refractivity contribution is 0.0881. The number of hydrogen-bond donors (Lipinski definition) is 0. The molecule has 1 fully saturated rings. The third-order valence-electron chi connectivity index (χ3n) is 3.81. The molecule has 0 N–H and O–H groups in total. The fourth-order valence-corrected chi connectivity index (χ4v) is 3.28. The zero-order chi connectivity index (χ0) is 12.0. The summed E-state index contributed by atoms with van der Waals surface area (Å²) in [5.74, 6) is 0. The number of alkyl halides is 1. The molecule has 0 aliphatic heterocycles. The Balaban J connectivity index is 1.58. The molecule has 17 heavy (non-hydrogen) atoms. The summed E-state index contributed by atoms with van der Waals surface area (Å²) in [5.41, 5.74) is 1.88. The molecule has 0 aromatic heterocycles. The highest BCUT2D eigenvalue weighted by Gasteiger charge is 2.34. The third-order valence-corrected chi connectivity index (χ3v) is 4.99. The van der Waals surface area contributed by atoms with Crippen molar-refractivity contribution in [1.82, 2.24) is 0 Å². The van der Waals surface area contributed by atoms with Gasteiger partial charge < -0.3 is 4.74 Å². The van der Waals surface area contributed by atoms with E-state index in [4.69, 9.17) is 4.74 Å². The summed E-state index contributed by atoms with van der Waals surface area (Å²) in [6.45, 7) is 1.64. The van der Waals surface area contributed by atoms with Crippen LogP contribution >= 0.6 is 15.9 Å². The summed E-state index contributed by atoms with van der Waals surface area (Å²) < 4.78 is 5.71. The maximum atomic E-state index is 5.71. The highest BCUT2D eigenvalue weighted by atomic mass is 79.9. The minimum Gasteiger partial charge on any atom is -0.377 e. The van der Waals surface area contributed by atoms with Gasteiger partial charge in [-0.1, -0.05) is 52.7 Å². The Labute approximate surface area is 113 Å². The van der Waals surface area contributed by atoms with E-state index in [9.17, 15) is 0 Å². The first-order valence-electron chi connectivity index (χ1n) is 6.52. The van der Waals surface area contributed by atoms with Gasteiger partial charge in [0.25, 0.3) is 0 Å². The van der Waals surface area contributed by atoms with Crippen LogP contribution in [-0.2, 0) is 11.3 Å². The van der Waals surface area contributed by atoms with Crippen LogP contribution in [0.15, 0.2) is 30.3 Å². The summed E-state index contributed by atoms with van der Waals surface area (Å²) in [6.07, 6.45) is 6.72. The highest BCUT2D eigenvalue weighted by molar-refractivity contribution is 9.09. The quantitative estimate of drug-likeness (QED) is 0.530. The van der Waals surface area contributed by atoms with Crippen molar-refractivity contribution < 1.29 is 4.74 Å². The molecule has 0 bridgehead atoms. The second-order valence-electron chi connectivity index (χ2n) is 5.13. The van der Waals surface area contributed by atoms with Crippen molar-refractivity contribution >= 4 is 15.9 Å². The van der Waals surface area contributed by atoms with E-state index >= 15 is 0 Å². The summed E-state index contributed by atoms with van der Waals surface area (Å²) >= 11 is 3.65. The van der Waals surface area contributed by atoms with Gasteiger partial charge in [-0.15, -0.1) is 0 Å². The fraction of sp³-hybridized carbons (Fsp3) is 0.600. The van der Waals surface area contributed by atoms with Crippen molar-refractivity contribution in [2.75, 3.05) is 11.9 Å². The lowest BCUT2D eigenvalue weighted by Crippen LogP contribution is -2.31. The third kappa shape index (κ3) is 3.82. The molecule has 2 heteroatoms. The molecule has 1 nitrogen and oxygen atoms in total. The maximum Gasteiger partial charge on any atom is 0.0716 e. The highest BCUT2D eigenvalue weighted by Crippen LogP contribution is 2.45. The fourth-order valence-electron chi connectivity index (χ4n) is 2.44. The van der Waals surface area contributed by atoms with Crippen molar-refractivity contribution in [1.29, 1.82) is 0 Å². The van der Waals surface area contributed by atoms with E-state index in [0.29, 0.717) is 5.41 Å². The van der Waals surface area contributed by atoms with Crippen LogP contribution < -0.4 is 0 Å². The molecule has 0 saturated heterocycles. The van der Waals surface area contributed by atoms with Gasteiger partial charge in [0.1, 0.15) is 0 Å². The first-order chi connectivity index (χ1) is 8.35. The van der Waals surface area contributed by atoms with Crippen LogP contribution in [0.1, 0.15) is 37.7 Å². The molecule has 0 atom stereocenters. The smallest absolute Gasteiger partial charge is 0.0716 e. The summed E-state index contributed by atoms with van der Waals surface area (Å²) in [5, 5.41) is 1.17. The van der Waals surface area contributed by atoms with Crippen LogP contribution in [0.5, 0.6) is 0 Å². The van der Waals surface area contributed by atoms with Gasteiger partial charge in [-0.25, -0.2) is 0 Å². The van der Waals surface area contributed by atoms with Crippen molar-refractivity contribution in [3.63, 3.8) is 0 Å². The van der Waals surface area contributed by atoms with Gasteiger partial charge in [0.2, 0.25) is 0 Å². The molecule has 1 saturated carbocycles. The monoisotopic (exact) mass is 296 g/mol. The van der Waals surface area contributed by atoms with E-state index in [1.165, 1.54) is 43.0 Å². The molecule has 1 aromatic carbocycles. The van der Waals surface area contributed by atoms with Gasteiger partial charge in [-0.05, 0) is 36.7 Å². The Morgan fingerprint density at radius 1 is 1.18 bits per heavy atom. The molecule has 2 rings (SSSR count). The van der Waals surface area contributed by atoms with Gasteiger partial charge in [0, 0.05) is 11.9 Å². The van der Waals surface area contributed by atoms with E-state index in [-0.39, 0.29) is 0 Å². The van der Waals surface area contributed by atoms with Gasteiger partial charge >= 0.3 is 0 Å². The SMILES string of the molecule is BrCC1(CCCOCc2ccccc2)CCC1. The first kappa shape index (κ1) is 13.1. The van der Waals surface area contributed by atoms with E-state index in [2.05, 4.69) is 40.2 Å². The average molecular weight is 297 g/mol. The number of halogens is 1. The number of hydrogen-bond acceptors (Lipinski definition) is 1. The van der Waals surface area contributed by atoms with Crippen LogP contribution in [0.4, 0.5) is 0 Å². The van der Waals surface area contributed by atoms with E-state index in [1.54, 1.807) is 0 Å². The number of ether oxygens (including phenoxy) is 1. The van der Waals surface area contributed by atoms with Crippen molar-refractivity contribution in [2.24, 2.45) is 5.41 Å². The molecule has 1 aliphatic rings. The Hall–Kier alpha value is -0.340. The minimum atomic E-state index is 0.607. The van der Waals surface area contributed by atoms with Crippen LogP contribution in [0.25, 0.3) is 0 Å². The second-order valence-corrected chi connectivity index (χ2v) is 5.69. The summed E-state index contributed by atoms with van der Waals surface area (Å²) in [4.78, 5) is 0. The molecule has 0 amide bonds. The molecule has 0 unspecified atom stereocenters. The summed E-state index contributed by atoms with van der Waals surface area (Å²) in [7, 11) is 0. The number of benzene rings is 1. The van der Waals surface area contributed by atoms with Gasteiger partial charge in [0.15, 0.2) is 0 Å². The maximum absolute atomic E-state index is 5.71. The molecular formula is C15H21BrO. The molecular weight excluding hydrogens is 276 g/mol. The molecule has 1 aliphatic carbocycles. The van der Waals surface area contributed by atoms with Gasteiger partial charge in [0.05, 0.1) is 6.61 Å². The van der Waals surface area contributed by atoms with Crippen LogP contribution in [0.3, 0.4) is 0 Å². The van der Waals surface area contributed by atoms with Crippen molar-refractivity contribution in [3.8, 4) is 0 Å². The number of rotatable bonds is 7. The predicted molar refractivity (Wildman–Crippen MR) is 75.4 cm³/mol. The van der Waals surface area contributed by atoms with Crippen molar-refractivity contribution in [3.05, 3.63) is 35.9 Å². The molecule has 0 heterocycles. The van der Waals surface area contributed by atoms with Gasteiger partial charge in [-0.3, -0.25) is 0 Å². The Morgan fingerprint density at radius 3 is 2.53 bits per heavy atom. The van der Waals surface area contributed by atoms with E-state index in [1.807, 2.05) is 6.07 Å². The standard InChI is InChI=1S/C15H21BrO/c16-13-15(8-4-9-15)10-5-11-17-12-14-6-2-1-3-7-14/h1-3,6-7H,4-5,8-13H2. The lowest BCUT2D eigenvalue weighted by atomic mass is 9.68. The topological polar surface area (TPSA) is 9.23 Å². The molecule has 1 aromatic rings. The molecule has 94 valence electrons.